The molecule has 0 saturated carbocycles. The lowest BCUT2D eigenvalue weighted by atomic mass is 10.1. The van der Waals surface area contributed by atoms with Crippen molar-refractivity contribution in [2.45, 2.75) is 24.4 Å². The highest BCUT2D eigenvalue weighted by Crippen LogP contribution is 2.33. The van der Waals surface area contributed by atoms with Gasteiger partial charge in [0.05, 0.1) is 26.4 Å². The van der Waals surface area contributed by atoms with Crippen molar-refractivity contribution in [3.8, 4) is 0 Å². The summed E-state index contributed by atoms with van der Waals surface area (Å²) in [7, 11) is 0. The second kappa shape index (κ2) is 10.3. The van der Waals surface area contributed by atoms with Crippen LogP contribution in [0.25, 0.3) is 11.0 Å². The lowest BCUT2D eigenvalue weighted by Gasteiger charge is -2.28. The molecule has 34 heavy (non-hydrogen) atoms. The van der Waals surface area contributed by atoms with Crippen molar-refractivity contribution >= 4 is 34.6 Å². The van der Waals surface area contributed by atoms with Gasteiger partial charge in [-0.2, -0.15) is 0 Å². The summed E-state index contributed by atoms with van der Waals surface area (Å²) < 4.78 is 18.8. The Kier molecular flexibility index (Phi) is 6.82. The summed E-state index contributed by atoms with van der Waals surface area (Å²) in [5.74, 6) is 1.13. The molecule has 0 bridgehead atoms. The summed E-state index contributed by atoms with van der Waals surface area (Å²) in [4.78, 5) is 14.8. The molecule has 1 aliphatic heterocycles. The summed E-state index contributed by atoms with van der Waals surface area (Å²) in [6.07, 6.45) is 0. The summed E-state index contributed by atoms with van der Waals surface area (Å²) in [5, 5.41) is 10.7. The number of rotatable bonds is 8. The van der Waals surface area contributed by atoms with Crippen LogP contribution in [0.5, 0.6) is 0 Å². The van der Waals surface area contributed by atoms with E-state index >= 15 is 0 Å². The van der Waals surface area contributed by atoms with Gasteiger partial charge in [0.2, 0.25) is 11.7 Å². The van der Waals surface area contributed by atoms with Crippen molar-refractivity contribution in [2.24, 2.45) is 0 Å². The maximum absolute atomic E-state index is 12.6. The van der Waals surface area contributed by atoms with E-state index in [1.165, 1.54) is 17.3 Å². The first-order valence-electron chi connectivity index (χ1n) is 11.3. The molecule has 9 heteroatoms. The van der Waals surface area contributed by atoms with Gasteiger partial charge in [-0.25, -0.2) is 4.79 Å². The smallest absolute Gasteiger partial charge is 0.374 e. The van der Waals surface area contributed by atoms with Crippen LogP contribution in [-0.4, -0.2) is 53.6 Å². The van der Waals surface area contributed by atoms with Gasteiger partial charge in [-0.1, -0.05) is 60.3 Å². The van der Waals surface area contributed by atoms with E-state index in [1.54, 1.807) is 6.92 Å². The first kappa shape index (κ1) is 22.5. The van der Waals surface area contributed by atoms with E-state index in [9.17, 15) is 4.79 Å². The van der Waals surface area contributed by atoms with Crippen LogP contribution >= 0.6 is 11.8 Å². The van der Waals surface area contributed by atoms with Gasteiger partial charge < -0.3 is 18.8 Å². The maximum atomic E-state index is 12.6. The van der Waals surface area contributed by atoms with Crippen molar-refractivity contribution in [3.05, 3.63) is 71.5 Å². The number of anilines is 1. The third-order valence-corrected chi connectivity index (χ3v) is 6.67. The molecule has 1 fully saturated rings. The van der Waals surface area contributed by atoms with Crippen LogP contribution < -0.4 is 4.90 Å². The molecule has 2 aromatic heterocycles. The Hall–Kier alpha value is -3.30. The fraction of sp³-hybridized carbons (Fsp3) is 0.320. The number of carbonyl (C=O) groups is 1. The fourth-order valence-electron chi connectivity index (χ4n) is 4.03. The highest BCUT2D eigenvalue weighted by atomic mass is 32.2. The van der Waals surface area contributed by atoms with Crippen molar-refractivity contribution in [1.82, 2.24) is 14.8 Å². The standard InChI is InChI=1S/C25H26N4O4S/c1-2-32-23(30)22-20(19-10-6-7-11-21(19)33-22)17-34-25-27-26-24(28-12-14-31-15-13-28)29(25)16-18-8-4-3-5-9-18/h3-11H,2,12-17H2,1H3. The Morgan fingerprint density at radius 3 is 2.62 bits per heavy atom. The van der Waals surface area contributed by atoms with E-state index in [-0.39, 0.29) is 12.4 Å². The molecule has 1 aliphatic rings. The lowest BCUT2D eigenvalue weighted by Crippen LogP contribution is -2.38. The van der Waals surface area contributed by atoms with Crippen LogP contribution in [-0.2, 0) is 21.8 Å². The Morgan fingerprint density at radius 1 is 1.06 bits per heavy atom. The topological polar surface area (TPSA) is 82.6 Å². The van der Waals surface area contributed by atoms with Crippen LogP contribution in [0.2, 0.25) is 0 Å². The lowest BCUT2D eigenvalue weighted by molar-refractivity contribution is 0.0491. The normalized spacial score (nSPS) is 14.0. The third kappa shape index (κ3) is 4.67. The predicted octanol–water partition coefficient (Wildman–Crippen LogP) is 4.38. The second-order valence-corrected chi connectivity index (χ2v) is 8.81. The number of furan rings is 1. The molecule has 3 heterocycles. The molecule has 0 spiro atoms. The summed E-state index contributed by atoms with van der Waals surface area (Å²) in [6, 6.07) is 17.9. The van der Waals surface area contributed by atoms with Crippen molar-refractivity contribution in [2.75, 3.05) is 37.8 Å². The minimum atomic E-state index is -0.450. The quantitative estimate of drug-likeness (QED) is 0.273. The van der Waals surface area contributed by atoms with Gasteiger partial charge in [0.25, 0.3) is 0 Å². The second-order valence-electron chi connectivity index (χ2n) is 7.87. The van der Waals surface area contributed by atoms with Crippen molar-refractivity contribution < 1.29 is 18.7 Å². The number of fused-ring (bicyclic) bond motifs is 1. The molecule has 0 atom stereocenters. The Labute approximate surface area is 201 Å². The molecule has 0 amide bonds. The molecule has 0 aliphatic carbocycles. The zero-order valence-corrected chi connectivity index (χ0v) is 19.8. The van der Waals surface area contributed by atoms with E-state index < -0.39 is 5.97 Å². The molecule has 176 valence electrons. The summed E-state index contributed by atoms with van der Waals surface area (Å²) in [6.45, 7) is 5.62. The highest BCUT2D eigenvalue weighted by Gasteiger charge is 2.24. The fourth-order valence-corrected chi connectivity index (χ4v) is 4.99. The third-order valence-electron chi connectivity index (χ3n) is 5.68. The molecule has 1 saturated heterocycles. The average molecular weight is 479 g/mol. The van der Waals surface area contributed by atoms with Crippen LogP contribution in [0.1, 0.15) is 28.6 Å². The molecule has 4 aromatic rings. The van der Waals surface area contributed by atoms with Crippen LogP contribution in [0, 0.1) is 0 Å². The molecular weight excluding hydrogens is 452 g/mol. The maximum Gasteiger partial charge on any atom is 0.374 e. The molecule has 0 unspecified atom stereocenters. The van der Waals surface area contributed by atoms with Gasteiger partial charge in [-0.15, -0.1) is 10.2 Å². The highest BCUT2D eigenvalue weighted by molar-refractivity contribution is 7.98. The monoisotopic (exact) mass is 478 g/mol. The van der Waals surface area contributed by atoms with Gasteiger partial charge in [0.1, 0.15) is 5.58 Å². The number of carbonyl (C=O) groups excluding carboxylic acids is 1. The number of nitrogens with zero attached hydrogens (tertiary/aromatic N) is 4. The van der Waals surface area contributed by atoms with Crippen LogP contribution in [0.15, 0.2) is 64.2 Å². The zero-order chi connectivity index (χ0) is 23.3. The Balaban J connectivity index is 1.47. The van der Waals surface area contributed by atoms with Gasteiger partial charge in [-0.3, -0.25) is 4.57 Å². The number of hydrogen-bond acceptors (Lipinski definition) is 8. The molecule has 0 radical (unpaired) electrons. The van der Waals surface area contributed by atoms with Crippen LogP contribution in [0.3, 0.4) is 0 Å². The number of ether oxygens (including phenoxy) is 2. The molecule has 5 rings (SSSR count). The van der Waals surface area contributed by atoms with Crippen molar-refractivity contribution in [1.29, 1.82) is 0 Å². The SMILES string of the molecule is CCOC(=O)c1oc2ccccc2c1CSc1nnc(N2CCOCC2)n1Cc1ccccc1. The summed E-state index contributed by atoms with van der Waals surface area (Å²) in [5.41, 5.74) is 2.64. The molecule has 2 aromatic carbocycles. The van der Waals surface area contributed by atoms with E-state index in [4.69, 9.17) is 13.9 Å². The number of para-hydroxylation sites is 1. The van der Waals surface area contributed by atoms with Crippen LogP contribution in [0.4, 0.5) is 5.95 Å². The number of thioether (sulfide) groups is 1. The zero-order valence-electron chi connectivity index (χ0n) is 19.0. The Bertz CT molecular complexity index is 1260. The number of esters is 1. The molecule has 0 N–H and O–H groups in total. The largest absolute Gasteiger partial charge is 0.460 e. The minimum absolute atomic E-state index is 0.248. The van der Waals surface area contributed by atoms with E-state index in [0.29, 0.717) is 31.1 Å². The number of aromatic nitrogens is 3. The van der Waals surface area contributed by atoms with E-state index in [1.807, 2.05) is 42.5 Å². The average Bonchev–Trinajstić information content (AvgIpc) is 3.45. The first-order chi connectivity index (χ1) is 16.7. The van der Waals surface area contributed by atoms with Gasteiger partial charge >= 0.3 is 5.97 Å². The molecule has 8 nitrogen and oxygen atoms in total. The molecular formula is C25H26N4O4S. The van der Waals surface area contributed by atoms with E-state index in [0.717, 1.165) is 35.1 Å². The Morgan fingerprint density at radius 2 is 1.82 bits per heavy atom. The predicted molar refractivity (Wildman–Crippen MR) is 130 cm³/mol. The number of benzene rings is 2. The summed E-state index contributed by atoms with van der Waals surface area (Å²) >= 11 is 1.54. The van der Waals surface area contributed by atoms with Gasteiger partial charge in [-0.05, 0) is 18.6 Å². The van der Waals surface area contributed by atoms with Crippen molar-refractivity contribution in [3.63, 3.8) is 0 Å². The van der Waals surface area contributed by atoms with Gasteiger partial charge in [0.15, 0.2) is 5.16 Å². The van der Waals surface area contributed by atoms with Gasteiger partial charge in [0, 0.05) is 29.8 Å². The number of hydrogen-bond donors (Lipinski definition) is 0. The number of morpholine rings is 1. The first-order valence-corrected chi connectivity index (χ1v) is 12.3. The van der Waals surface area contributed by atoms with E-state index in [2.05, 4.69) is 31.8 Å². The minimum Gasteiger partial charge on any atom is -0.460 e.